The zero-order valence-electron chi connectivity index (χ0n) is 14.8. The van der Waals surface area contributed by atoms with E-state index in [2.05, 4.69) is 29.4 Å². The number of amides is 2. The molecule has 0 bridgehead atoms. The Bertz CT molecular complexity index is 534. The average Bonchev–Trinajstić information content (AvgIpc) is 2.60. The summed E-state index contributed by atoms with van der Waals surface area (Å²) in [5.41, 5.74) is 1.82. The summed E-state index contributed by atoms with van der Waals surface area (Å²) in [7, 11) is 0. The fourth-order valence-electron chi connectivity index (χ4n) is 2.87. The lowest BCUT2D eigenvalue weighted by atomic mass is 9.99. The van der Waals surface area contributed by atoms with E-state index in [4.69, 9.17) is 0 Å². The first kappa shape index (κ1) is 18.3. The first-order chi connectivity index (χ1) is 11.6. The van der Waals surface area contributed by atoms with Crippen molar-refractivity contribution in [3.63, 3.8) is 0 Å². The zero-order valence-corrected chi connectivity index (χ0v) is 14.8. The van der Waals surface area contributed by atoms with E-state index in [0.717, 1.165) is 38.3 Å². The molecule has 1 aliphatic rings. The van der Waals surface area contributed by atoms with E-state index in [9.17, 15) is 9.59 Å². The highest BCUT2D eigenvalue weighted by Gasteiger charge is 2.16. The minimum absolute atomic E-state index is 0.548. The Hall–Kier alpha value is -2.04. The highest BCUT2D eigenvalue weighted by atomic mass is 16.2. The number of nitrogens with one attached hydrogen (secondary N) is 2. The van der Waals surface area contributed by atoms with Gasteiger partial charge in [0.15, 0.2) is 0 Å². The molecule has 24 heavy (non-hydrogen) atoms. The molecular formula is C19H29N3O2. The van der Waals surface area contributed by atoms with Gasteiger partial charge in [0.25, 0.3) is 0 Å². The molecule has 0 saturated carbocycles. The number of anilines is 2. The number of carbonyl (C=O) groups excluding carboxylic acids is 2. The van der Waals surface area contributed by atoms with Crippen LogP contribution < -0.4 is 15.5 Å². The minimum atomic E-state index is -0.606. The minimum Gasteiger partial charge on any atom is -0.372 e. The predicted octanol–water partition coefficient (Wildman–Crippen LogP) is 3.17. The Balaban J connectivity index is 1.80. The normalized spacial score (nSPS) is 15.2. The van der Waals surface area contributed by atoms with E-state index in [0.29, 0.717) is 12.2 Å². The second kappa shape index (κ2) is 9.30. The van der Waals surface area contributed by atoms with Gasteiger partial charge in [0, 0.05) is 31.0 Å². The highest BCUT2D eigenvalue weighted by Crippen LogP contribution is 2.24. The first-order valence-electron chi connectivity index (χ1n) is 9.04. The Morgan fingerprint density at radius 3 is 2.38 bits per heavy atom. The lowest BCUT2D eigenvalue weighted by molar-refractivity contribution is -0.136. The van der Waals surface area contributed by atoms with Gasteiger partial charge in [-0.3, -0.25) is 9.59 Å². The molecule has 0 unspecified atom stereocenters. The zero-order chi connectivity index (χ0) is 17.4. The van der Waals surface area contributed by atoms with E-state index < -0.39 is 11.8 Å². The number of nitrogens with zero attached hydrogens (tertiary/aromatic N) is 1. The van der Waals surface area contributed by atoms with Gasteiger partial charge in [0.2, 0.25) is 0 Å². The van der Waals surface area contributed by atoms with Crippen LogP contribution in [0.25, 0.3) is 0 Å². The third-order valence-corrected chi connectivity index (χ3v) is 4.55. The quantitative estimate of drug-likeness (QED) is 0.622. The van der Waals surface area contributed by atoms with Crippen molar-refractivity contribution in [2.75, 3.05) is 29.9 Å². The molecule has 0 radical (unpaired) electrons. The third-order valence-electron chi connectivity index (χ3n) is 4.55. The number of hydrogen-bond donors (Lipinski definition) is 2. The van der Waals surface area contributed by atoms with Crippen LogP contribution in [0.3, 0.4) is 0 Å². The average molecular weight is 331 g/mol. The van der Waals surface area contributed by atoms with Crippen LogP contribution in [0.15, 0.2) is 24.3 Å². The largest absolute Gasteiger partial charge is 0.372 e. The molecule has 1 aliphatic heterocycles. The molecule has 1 aromatic carbocycles. The number of hydrogen-bond acceptors (Lipinski definition) is 3. The number of unbranched alkanes of at least 4 members (excludes halogenated alkanes) is 2. The van der Waals surface area contributed by atoms with Gasteiger partial charge in [-0.1, -0.05) is 26.7 Å². The summed E-state index contributed by atoms with van der Waals surface area (Å²) < 4.78 is 0. The topological polar surface area (TPSA) is 61.4 Å². The van der Waals surface area contributed by atoms with E-state index in [1.54, 1.807) is 0 Å². The number of benzene rings is 1. The molecule has 1 saturated heterocycles. The van der Waals surface area contributed by atoms with Crippen molar-refractivity contribution in [3.05, 3.63) is 24.3 Å². The number of piperidine rings is 1. The maximum absolute atomic E-state index is 11.9. The molecule has 2 rings (SSSR count). The summed E-state index contributed by atoms with van der Waals surface area (Å²) in [6.45, 7) is 7.10. The second-order valence-corrected chi connectivity index (χ2v) is 6.63. The molecule has 1 fully saturated rings. The third kappa shape index (κ3) is 5.55. The summed E-state index contributed by atoms with van der Waals surface area (Å²) in [6, 6.07) is 7.72. The van der Waals surface area contributed by atoms with Crippen molar-refractivity contribution in [2.45, 2.75) is 46.0 Å². The second-order valence-electron chi connectivity index (χ2n) is 6.63. The fourth-order valence-corrected chi connectivity index (χ4v) is 2.87. The van der Waals surface area contributed by atoms with Gasteiger partial charge in [-0.15, -0.1) is 0 Å². The van der Waals surface area contributed by atoms with Gasteiger partial charge in [-0.25, -0.2) is 0 Å². The van der Waals surface area contributed by atoms with E-state index >= 15 is 0 Å². The van der Waals surface area contributed by atoms with E-state index in [-0.39, 0.29) is 0 Å². The summed E-state index contributed by atoms with van der Waals surface area (Å²) in [6.07, 6.45) is 5.48. The fraction of sp³-hybridized carbons (Fsp3) is 0.579. The Kier molecular flexibility index (Phi) is 7.09. The summed E-state index contributed by atoms with van der Waals surface area (Å²) in [5.74, 6) is -0.373. The van der Waals surface area contributed by atoms with E-state index in [1.807, 2.05) is 24.3 Å². The van der Waals surface area contributed by atoms with Crippen LogP contribution in [-0.4, -0.2) is 31.4 Å². The van der Waals surface area contributed by atoms with Crippen LogP contribution in [0.1, 0.15) is 46.0 Å². The summed E-state index contributed by atoms with van der Waals surface area (Å²) in [4.78, 5) is 26.0. The van der Waals surface area contributed by atoms with Gasteiger partial charge in [0.05, 0.1) is 0 Å². The standard InChI is InChI=1S/C19H29N3O2/c1-3-4-5-12-20-18(23)19(24)21-16-6-8-17(9-7-16)22-13-10-15(2)11-14-22/h6-9,15H,3-5,10-14H2,1-2H3,(H,20,23)(H,21,24). The molecule has 0 aromatic heterocycles. The van der Waals surface area contributed by atoms with Crippen molar-refractivity contribution in [1.29, 1.82) is 0 Å². The Morgan fingerprint density at radius 2 is 1.75 bits per heavy atom. The Labute approximate surface area is 144 Å². The summed E-state index contributed by atoms with van der Waals surface area (Å²) >= 11 is 0. The van der Waals surface area contributed by atoms with E-state index in [1.165, 1.54) is 18.5 Å². The van der Waals surface area contributed by atoms with Gasteiger partial charge < -0.3 is 15.5 Å². The number of rotatable bonds is 6. The van der Waals surface area contributed by atoms with Gasteiger partial charge >= 0.3 is 11.8 Å². The predicted molar refractivity (Wildman–Crippen MR) is 98.2 cm³/mol. The first-order valence-corrected chi connectivity index (χ1v) is 9.04. The lowest BCUT2D eigenvalue weighted by Gasteiger charge is -2.32. The molecule has 2 amide bonds. The molecule has 5 heteroatoms. The molecular weight excluding hydrogens is 302 g/mol. The molecule has 132 valence electrons. The van der Waals surface area contributed by atoms with Crippen molar-refractivity contribution < 1.29 is 9.59 Å². The molecule has 5 nitrogen and oxygen atoms in total. The molecule has 1 heterocycles. The van der Waals surface area contributed by atoms with Crippen molar-refractivity contribution in [1.82, 2.24) is 5.32 Å². The van der Waals surface area contributed by atoms with Gasteiger partial charge in [-0.2, -0.15) is 0 Å². The maximum Gasteiger partial charge on any atom is 0.313 e. The lowest BCUT2D eigenvalue weighted by Crippen LogP contribution is -2.36. The Morgan fingerprint density at radius 1 is 1.08 bits per heavy atom. The summed E-state index contributed by atoms with van der Waals surface area (Å²) in [5, 5.41) is 5.30. The highest BCUT2D eigenvalue weighted by molar-refractivity contribution is 6.39. The van der Waals surface area contributed by atoms with Crippen LogP contribution >= 0.6 is 0 Å². The van der Waals surface area contributed by atoms with Crippen molar-refractivity contribution in [3.8, 4) is 0 Å². The van der Waals surface area contributed by atoms with Crippen molar-refractivity contribution >= 4 is 23.2 Å². The van der Waals surface area contributed by atoms with Crippen LogP contribution in [-0.2, 0) is 9.59 Å². The maximum atomic E-state index is 11.9. The smallest absolute Gasteiger partial charge is 0.313 e. The van der Waals surface area contributed by atoms with Crippen LogP contribution in [0, 0.1) is 5.92 Å². The van der Waals surface area contributed by atoms with Gasteiger partial charge in [0.1, 0.15) is 0 Å². The molecule has 2 N–H and O–H groups in total. The SMILES string of the molecule is CCCCCNC(=O)C(=O)Nc1ccc(N2CCC(C)CC2)cc1. The van der Waals surface area contributed by atoms with Crippen LogP contribution in [0.2, 0.25) is 0 Å². The molecule has 0 spiro atoms. The van der Waals surface area contributed by atoms with Crippen LogP contribution in [0.5, 0.6) is 0 Å². The molecule has 0 atom stereocenters. The monoisotopic (exact) mass is 331 g/mol. The van der Waals surface area contributed by atoms with Crippen molar-refractivity contribution in [2.24, 2.45) is 5.92 Å². The van der Waals surface area contributed by atoms with Crippen LogP contribution in [0.4, 0.5) is 11.4 Å². The van der Waals surface area contributed by atoms with Gasteiger partial charge in [-0.05, 0) is 49.4 Å². The number of carbonyl (C=O) groups is 2. The molecule has 1 aromatic rings. The molecule has 0 aliphatic carbocycles.